The number of aryl methyl sites for hydroxylation is 1. The molecule has 0 amide bonds. The Bertz CT molecular complexity index is 573. The molecule has 0 aromatic heterocycles. The number of nitrogens with one attached hydrogen (secondary N) is 1. The van der Waals surface area contributed by atoms with Gasteiger partial charge in [-0.3, -0.25) is 0 Å². The Morgan fingerprint density at radius 1 is 1.11 bits per heavy atom. The minimum Gasteiger partial charge on any atom is -0.397 e. The lowest BCUT2D eigenvalue weighted by atomic mass is 10.2. The summed E-state index contributed by atoms with van der Waals surface area (Å²) < 4.78 is 25.0. The first-order chi connectivity index (χ1) is 9.06. The number of hydrogen-bond acceptors (Lipinski definition) is 3. The summed E-state index contributed by atoms with van der Waals surface area (Å²) in [7, 11) is 0. The maximum absolute atomic E-state index is 12.5. The van der Waals surface area contributed by atoms with Crippen LogP contribution in [0.1, 0.15) is 5.56 Å². The number of thioether (sulfide) groups is 1. The third kappa shape index (κ3) is 3.61. The van der Waals surface area contributed by atoms with Crippen LogP contribution in [0.15, 0.2) is 47.4 Å². The van der Waals surface area contributed by atoms with Crippen LogP contribution in [0.5, 0.6) is 0 Å². The zero-order valence-corrected chi connectivity index (χ0v) is 11.2. The van der Waals surface area contributed by atoms with Crippen molar-refractivity contribution in [2.24, 2.45) is 0 Å². The van der Waals surface area contributed by atoms with Crippen LogP contribution in [0.2, 0.25) is 0 Å². The van der Waals surface area contributed by atoms with E-state index in [4.69, 9.17) is 5.73 Å². The van der Waals surface area contributed by atoms with Gasteiger partial charge in [-0.25, -0.2) is 0 Å². The van der Waals surface area contributed by atoms with Crippen molar-refractivity contribution in [2.45, 2.75) is 17.6 Å². The van der Waals surface area contributed by atoms with Gasteiger partial charge in [-0.05, 0) is 36.8 Å². The molecule has 100 valence electrons. The second-order valence-electron chi connectivity index (χ2n) is 4.09. The lowest BCUT2D eigenvalue weighted by Crippen LogP contribution is -1.98. The molecule has 19 heavy (non-hydrogen) atoms. The highest BCUT2D eigenvalue weighted by atomic mass is 32.2. The summed E-state index contributed by atoms with van der Waals surface area (Å²) in [5.41, 5.74) is 8.90. The van der Waals surface area contributed by atoms with Crippen LogP contribution in [0, 0.1) is 6.92 Å². The molecular weight excluding hydrogens is 266 g/mol. The molecule has 0 bridgehead atoms. The van der Waals surface area contributed by atoms with Gasteiger partial charge in [-0.1, -0.05) is 30.0 Å². The number of alkyl halides is 2. The topological polar surface area (TPSA) is 38.0 Å². The van der Waals surface area contributed by atoms with Crippen LogP contribution >= 0.6 is 11.8 Å². The van der Waals surface area contributed by atoms with E-state index in [0.29, 0.717) is 33.7 Å². The van der Waals surface area contributed by atoms with E-state index in [1.165, 1.54) is 0 Å². The second-order valence-corrected chi connectivity index (χ2v) is 5.12. The third-order valence-electron chi connectivity index (χ3n) is 2.58. The van der Waals surface area contributed by atoms with Gasteiger partial charge in [-0.2, -0.15) is 8.78 Å². The Hall–Kier alpha value is -1.75. The number of hydrogen-bond donors (Lipinski definition) is 2. The number of nitrogen functional groups attached to an aromatic ring is 1. The summed E-state index contributed by atoms with van der Waals surface area (Å²) in [5, 5.41) is 3.09. The Morgan fingerprint density at radius 2 is 1.84 bits per heavy atom. The molecular formula is C14H14F2N2S. The molecule has 0 saturated carbocycles. The third-order valence-corrected chi connectivity index (χ3v) is 3.37. The van der Waals surface area contributed by atoms with Crippen molar-refractivity contribution >= 4 is 28.8 Å². The molecule has 2 nitrogen and oxygen atoms in total. The summed E-state index contributed by atoms with van der Waals surface area (Å²) in [5.74, 6) is -2.45. The van der Waals surface area contributed by atoms with Gasteiger partial charge in [-0.15, -0.1) is 0 Å². The molecule has 0 heterocycles. The van der Waals surface area contributed by atoms with Gasteiger partial charge in [0.2, 0.25) is 0 Å². The van der Waals surface area contributed by atoms with Crippen LogP contribution in [0.25, 0.3) is 0 Å². The standard InChI is InChI=1S/C14H14F2N2S/c1-9-6-7-11(10(17)8-9)18-12-4-2-3-5-13(12)19-14(15)16/h2-8,14,18H,17H2,1H3. The van der Waals surface area contributed by atoms with Crippen LogP contribution in [-0.2, 0) is 0 Å². The molecule has 0 aliphatic heterocycles. The van der Waals surface area contributed by atoms with E-state index < -0.39 is 5.76 Å². The highest BCUT2D eigenvalue weighted by molar-refractivity contribution is 7.99. The molecule has 3 N–H and O–H groups in total. The first-order valence-electron chi connectivity index (χ1n) is 5.73. The van der Waals surface area contributed by atoms with Crippen LogP contribution in [-0.4, -0.2) is 5.76 Å². The largest absolute Gasteiger partial charge is 0.397 e. The van der Waals surface area contributed by atoms with Gasteiger partial charge >= 0.3 is 0 Å². The fraction of sp³-hybridized carbons (Fsp3) is 0.143. The second kappa shape index (κ2) is 5.93. The summed E-state index contributed by atoms with van der Waals surface area (Å²) >= 11 is 0.517. The van der Waals surface area contributed by atoms with Crippen LogP contribution in [0.3, 0.4) is 0 Å². The molecule has 0 atom stereocenters. The molecule has 0 unspecified atom stereocenters. The summed E-state index contributed by atoms with van der Waals surface area (Å²) in [6, 6.07) is 12.5. The molecule has 0 spiro atoms. The fourth-order valence-corrected chi connectivity index (χ4v) is 2.30. The van der Waals surface area contributed by atoms with E-state index in [1.807, 2.05) is 25.1 Å². The highest BCUT2D eigenvalue weighted by Crippen LogP contribution is 2.34. The maximum atomic E-state index is 12.5. The van der Waals surface area contributed by atoms with E-state index in [9.17, 15) is 8.78 Å². The van der Waals surface area contributed by atoms with Crippen molar-refractivity contribution in [3.8, 4) is 0 Å². The van der Waals surface area contributed by atoms with E-state index in [1.54, 1.807) is 24.3 Å². The van der Waals surface area contributed by atoms with Crippen molar-refractivity contribution < 1.29 is 8.78 Å². The zero-order valence-electron chi connectivity index (χ0n) is 10.4. The number of nitrogens with two attached hydrogens (primary N) is 1. The van der Waals surface area contributed by atoms with E-state index in [2.05, 4.69) is 5.32 Å². The van der Waals surface area contributed by atoms with Gasteiger partial charge in [0, 0.05) is 4.90 Å². The summed E-state index contributed by atoms with van der Waals surface area (Å²) in [4.78, 5) is 0.498. The molecule has 0 saturated heterocycles. The lowest BCUT2D eigenvalue weighted by molar-refractivity contribution is 0.252. The number of rotatable bonds is 4. The first kappa shape index (κ1) is 13.7. The minimum absolute atomic E-state index is 0.498. The average Bonchev–Trinajstić information content (AvgIpc) is 2.34. The van der Waals surface area contributed by atoms with Crippen molar-refractivity contribution in [3.63, 3.8) is 0 Å². The van der Waals surface area contributed by atoms with Crippen molar-refractivity contribution in [2.75, 3.05) is 11.1 Å². The SMILES string of the molecule is Cc1ccc(Nc2ccccc2SC(F)F)c(N)c1. The smallest absolute Gasteiger partial charge is 0.288 e. The Labute approximate surface area is 115 Å². The molecule has 0 aliphatic carbocycles. The minimum atomic E-state index is -2.45. The lowest BCUT2D eigenvalue weighted by Gasteiger charge is -2.13. The predicted molar refractivity (Wildman–Crippen MR) is 77.2 cm³/mol. The number of anilines is 3. The van der Waals surface area contributed by atoms with Crippen molar-refractivity contribution in [1.82, 2.24) is 0 Å². The average molecular weight is 280 g/mol. The van der Waals surface area contributed by atoms with Crippen LogP contribution < -0.4 is 11.1 Å². The normalized spacial score (nSPS) is 10.7. The Morgan fingerprint density at radius 3 is 2.53 bits per heavy atom. The maximum Gasteiger partial charge on any atom is 0.288 e. The monoisotopic (exact) mass is 280 g/mol. The van der Waals surface area contributed by atoms with Crippen LogP contribution in [0.4, 0.5) is 25.8 Å². The molecule has 0 aliphatic rings. The number of halogens is 2. The van der Waals surface area contributed by atoms with Gasteiger partial charge in [0.15, 0.2) is 0 Å². The molecule has 5 heteroatoms. The molecule has 2 aromatic carbocycles. The van der Waals surface area contributed by atoms with Gasteiger partial charge in [0.1, 0.15) is 0 Å². The quantitative estimate of drug-likeness (QED) is 0.633. The highest BCUT2D eigenvalue weighted by Gasteiger charge is 2.10. The zero-order chi connectivity index (χ0) is 13.8. The first-order valence-corrected chi connectivity index (χ1v) is 6.61. The van der Waals surface area contributed by atoms with E-state index in [0.717, 1.165) is 5.56 Å². The molecule has 0 fully saturated rings. The summed E-state index contributed by atoms with van der Waals surface area (Å²) in [6.07, 6.45) is 0. The van der Waals surface area contributed by atoms with E-state index in [-0.39, 0.29) is 0 Å². The molecule has 0 radical (unpaired) electrons. The van der Waals surface area contributed by atoms with Gasteiger partial charge in [0.05, 0.1) is 17.1 Å². The predicted octanol–water partition coefficient (Wildman–Crippen LogP) is 4.64. The van der Waals surface area contributed by atoms with Crippen molar-refractivity contribution in [3.05, 3.63) is 48.0 Å². The summed E-state index contributed by atoms with van der Waals surface area (Å²) in [6.45, 7) is 1.95. The number of para-hydroxylation sites is 1. The van der Waals surface area contributed by atoms with Gasteiger partial charge < -0.3 is 11.1 Å². The molecule has 2 rings (SSSR count). The Kier molecular flexibility index (Phi) is 4.27. The van der Waals surface area contributed by atoms with Crippen molar-refractivity contribution in [1.29, 1.82) is 0 Å². The van der Waals surface area contributed by atoms with Gasteiger partial charge in [0.25, 0.3) is 5.76 Å². The molecule has 2 aromatic rings. The Balaban J connectivity index is 2.27. The van der Waals surface area contributed by atoms with E-state index >= 15 is 0 Å². The fourth-order valence-electron chi connectivity index (χ4n) is 1.71. The number of benzene rings is 2.